The molecule has 0 aromatic carbocycles. The highest BCUT2D eigenvalue weighted by molar-refractivity contribution is 7.19. The van der Waals surface area contributed by atoms with E-state index in [0.717, 1.165) is 16.0 Å². The molecular weight excluding hydrogens is 552 g/mol. The van der Waals surface area contributed by atoms with Gasteiger partial charge in [0.25, 0.3) is 12.1 Å². The summed E-state index contributed by atoms with van der Waals surface area (Å²) < 4.78 is 88.5. The predicted molar refractivity (Wildman–Crippen MR) is 118 cm³/mol. The Hall–Kier alpha value is -3.25. The number of aromatic nitrogens is 3. The summed E-state index contributed by atoms with van der Waals surface area (Å²) >= 11 is 7.25. The monoisotopic (exact) mass is 567 g/mol. The molecule has 0 spiro atoms. The van der Waals surface area contributed by atoms with Crippen LogP contribution in [0.3, 0.4) is 0 Å². The van der Waals surface area contributed by atoms with Gasteiger partial charge in [-0.3, -0.25) is 9.48 Å². The number of carbonyl (C=O) groups excluding carboxylic acids is 1. The summed E-state index contributed by atoms with van der Waals surface area (Å²) in [6, 6.07) is 4.94. The van der Waals surface area contributed by atoms with Crippen molar-refractivity contribution in [3.63, 3.8) is 0 Å². The molecule has 0 N–H and O–H groups in total. The SMILES string of the molecule is Cc1c(OC(F)(F)C(F)C(F)(F)F)nn(C)c1-c1cc(-c2cc(C(=O)N(C)C3(C#N)CC3)c(Cl)s2)on1. The third kappa shape index (κ3) is 4.75. The maximum Gasteiger partial charge on any atom is 0.440 e. The van der Waals surface area contributed by atoms with Gasteiger partial charge in [0.05, 0.1) is 22.2 Å². The first-order chi connectivity index (χ1) is 17.1. The summed E-state index contributed by atoms with van der Waals surface area (Å²) in [6.45, 7) is 1.22. The molecule has 198 valence electrons. The highest BCUT2D eigenvalue weighted by atomic mass is 35.5. The van der Waals surface area contributed by atoms with E-state index in [-0.39, 0.29) is 32.6 Å². The van der Waals surface area contributed by atoms with Gasteiger partial charge < -0.3 is 14.2 Å². The molecule has 37 heavy (non-hydrogen) atoms. The van der Waals surface area contributed by atoms with Gasteiger partial charge in [-0.2, -0.15) is 27.2 Å². The van der Waals surface area contributed by atoms with Crippen molar-refractivity contribution in [2.45, 2.75) is 43.8 Å². The fourth-order valence-electron chi connectivity index (χ4n) is 3.59. The number of rotatable bonds is 7. The molecule has 0 bridgehead atoms. The van der Waals surface area contributed by atoms with Crippen molar-refractivity contribution in [3.8, 4) is 34.0 Å². The normalized spacial score (nSPS) is 15.8. The molecule has 1 unspecified atom stereocenters. The van der Waals surface area contributed by atoms with Crippen LogP contribution in [-0.4, -0.2) is 56.8 Å². The van der Waals surface area contributed by atoms with Crippen LogP contribution < -0.4 is 4.74 Å². The lowest BCUT2D eigenvalue weighted by molar-refractivity contribution is -0.305. The van der Waals surface area contributed by atoms with Crippen molar-refractivity contribution < 1.29 is 40.4 Å². The maximum absolute atomic E-state index is 13.7. The Balaban J connectivity index is 1.60. The molecule has 1 aliphatic rings. The van der Waals surface area contributed by atoms with Gasteiger partial charge in [0, 0.05) is 25.7 Å². The van der Waals surface area contributed by atoms with Crippen molar-refractivity contribution in [2.24, 2.45) is 7.05 Å². The summed E-state index contributed by atoms with van der Waals surface area (Å²) in [7, 11) is 2.79. The predicted octanol–water partition coefficient (Wildman–Crippen LogP) is 5.77. The third-order valence-electron chi connectivity index (χ3n) is 5.85. The van der Waals surface area contributed by atoms with Gasteiger partial charge in [-0.15, -0.1) is 16.4 Å². The van der Waals surface area contributed by atoms with Gasteiger partial charge in [0.2, 0.25) is 5.88 Å². The first-order valence-electron chi connectivity index (χ1n) is 10.4. The van der Waals surface area contributed by atoms with Gasteiger partial charge >= 0.3 is 12.3 Å². The van der Waals surface area contributed by atoms with E-state index < -0.39 is 35.8 Å². The van der Waals surface area contributed by atoms with Crippen LogP contribution in [0.25, 0.3) is 22.0 Å². The smallest absolute Gasteiger partial charge is 0.410 e. The summed E-state index contributed by atoms with van der Waals surface area (Å²) in [6.07, 6.45) is -14.5. The number of ether oxygens (including phenoxy) is 1. The lowest BCUT2D eigenvalue weighted by atomic mass is 10.1. The van der Waals surface area contributed by atoms with Crippen LogP contribution in [-0.2, 0) is 7.05 Å². The molecule has 0 radical (unpaired) electrons. The Morgan fingerprint density at radius 1 is 1.35 bits per heavy atom. The Morgan fingerprint density at radius 3 is 2.57 bits per heavy atom. The maximum atomic E-state index is 13.7. The van der Waals surface area contributed by atoms with Gasteiger partial charge in [-0.1, -0.05) is 16.8 Å². The van der Waals surface area contributed by atoms with Crippen LogP contribution >= 0.6 is 22.9 Å². The Labute approximate surface area is 213 Å². The standard InChI is InChI=1S/C21H16ClF6N5O3S/c1-9-14(33(3)30-16(9)35-21(27,28)18(23)20(24,25)26)11-7-12(36-31-11)13-6-10(15(22)37-13)17(34)32(2)19(8-29)4-5-19/h6-7,18H,4-5H2,1-3H3. The van der Waals surface area contributed by atoms with Crippen LogP contribution in [0.1, 0.15) is 28.8 Å². The van der Waals surface area contributed by atoms with Gasteiger partial charge in [0.1, 0.15) is 15.6 Å². The van der Waals surface area contributed by atoms with Gasteiger partial charge in [0.15, 0.2) is 5.76 Å². The number of hydrogen-bond donors (Lipinski definition) is 0. The molecule has 3 aromatic rings. The molecule has 1 amide bonds. The molecule has 4 rings (SSSR count). The van der Waals surface area contributed by atoms with Gasteiger partial charge in [-0.05, 0) is 25.8 Å². The number of hydrogen-bond acceptors (Lipinski definition) is 7. The zero-order valence-electron chi connectivity index (χ0n) is 19.2. The Morgan fingerprint density at radius 2 is 2.00 bits per heavy atom. The molecule has 3 heterocycles. The molecule has 1 fully saturated rings. The first-order valence-corrected chi connectivity index (χ1v) is 11.6. The minimum Gasteiger partial charge on any atom is -0.410 e. The largest absolute Gasteiger partial charge is 0.440 e. The molecular formula is C21H16ClF6N5O3S. The Bertz CT molecular complexity index is 1400. The van der Waals surface area contributed by atoms with E-state index in [0.29, 0.717) is 17.7 Å². The molecule has 16 heteroatoms. The number of nitriles is 1. The third-order valence-corrected chi connectivity index (χ3v) is 7.22. The number of halogens is 7. The number of amides is 1. The van der Waals surface area contributed by atoms with E-state index >= 15 is 0 Å². The van der Waals surface area contributed by atoms with E-state index in [1.165, 1.54) is 38.1 Å². The number of alkyl halides is 6. The van der Waals surface area contributed by atoms with E-state index in [1.54, 1.807) is 0 Å². The van der Waals surface area contributed by atoms with Crippen LogP contribution in [0, 0.1) is 18.3 Å². The second-order valence-corrected chi connectivity index (χ2v) is 10.0. The zero-order chi connectivity index (χ0) is 27.5. The summed E-state index contributed by atoms with van der Waals surface area (Å²) in [4.78, 5) is 14.6. The summed E-state index contributed by atoms with van der Waals surface area (Å²) in [5.74, 6) is -1.25. The molecule has 8 nitrogen and oxygen atoms in total. The number of nitrogens with zero attached hydrogens (tertiary/aromatic N) is 5. The minimum absolute atomic E-state index is 0.0456. The van der Waals surface area contributed by atoms with Crippen molar-refractivity contribution in [1.29, 1.82) is 5.26 Å². The highest BCUT2D eigenvalue weighted by Gasteiger charge is 2.60. The average molecular weight is 568 g/mol. The zero-order valence-corrected chi connectivity index (χ0v) is 20.7. The topological polar surface area (TPSA) is 97.2 Å². The van der Waals surface area contributed by atoms with Crippen LogP contribution in [0.2, 0.25) is 4.34 Å². The fraction of sp³-hybridized carbons (Fsp3) is 0.429. The number of carbonyl (C=O) groups is 1. The van der Waals surface area contributed by atoms with Crippen LogP contribution in [0.4, 0.5) is 26.3 Å². The average Bonchev–Trinajstić information content (AvgIpc) is 3.16. The van der Waals surface area contributed by atoms with Gasteiger partial charge in [-0.25, -0.2) is 4.39 Å². The van der Waals surface area contributed by atoms with Crippen molar-refractivity contribution >= 4 is 28.8 Å². The highest BCUT2D eigenvalue weighted by Crippen LogP contribution is 2.44. The molecule has 0 saturated heterocycles. The first kappa shape index (κ1) is 26.8. The number of thiophene rings is 1. The lowest BCUT2D eigenvalue weighted by Crippen LogP contribution is -2.45. The van der Waals surface area contributed by atoms with E-state index in [1.807, 2.05) is 0 Å². The second-order valence-electron chi connectivity index (χ2n) is 8.35. The molecule has 3 aromatic heterocycles. The van der Waals surface area contributed by atoms with E-state index in [2.05, 4.69) is 21.1 Å². The second kappa shape index (κ2) is 8.95. The molecule has 1 atom stereocenters. The van der Waals surface area contributed by atoms with Crippen molar-refractivity contribution in [3.05, 3.63) is 27.6 Å². The molecule has 1 saturated carbocycles. The Kier molecular flexibility index (Phi) is 6.48. The van der Waals surface area contributed by atoms with Crippen LogP contribution in [0.5, 0.6) is 5.88 Å². The van der Waals surface area contributed by atoms with E-state index in [4.69, 9.17) is 16.1 Å². The van der Waals surface area contributed by atoms with Crippen LogP contribution in [0.15, 0.2) is 16.7 Å². The van der Waals surface area contributed by atoms with Crippen molar-refractivity contribution in [2.75, 3.05) is 7.05 Å². The molecule has 0 aliphatic heterocycles. The minimum atomic E-state index is -5.85. The molecule has 1 aliphatic carbocycles. The quantitative estimate of drug-likeness (QED) is 0.337. The summed E-state index contributed by atoms with van der Waals surface area (Å²) in [5, 5.41) is 16.8. The summed E-state index contributed by atoms with van der Waals surface area (Å²) in [5.41, 5.74) is -0.776. The van der Waals surface area contributed by atoms with E-state index in [9.17, 15) is 36.4 Å². The van der Waals surface area contributed by atoms with Crippen molar-refractivity contribution in [1.82, 2.24) is 19.8 Å². The number of aryl methyl sites for hydroxylation is 1. The fourth-order valence-corrected chi connectivity index (χ4v) is 4.79. The lowest BCUT2D eigenvalue weighted by Gasteiger charge is -2.22.